The van der Waals surface area contributed by atoms with Crippen molar-refractivity contribution in [2.24, 2.45) is 0 Å². The van der Waals surface area contributed by atoms with Gasteiger partial charge in [0.1, 0.15) is 0 Å². The number of amides is 1. The number of hydrogen-bond acceptors (Lipinski definition) is 3. The zero-order valence-corrected chi connectivity index (χ0v) is 14.8. The van der Waals surface area contributed by atoms with Gasteiger partial charge < -0.3 is 14.8 Å². The van der Waals surface area contributed by atoms with Crippen molar-refractivity contribution in [3.05, 3.63) is 58.1 Å². The molecule has 0 unspecified atom stereocenters. The van der Waals surface area contributed by atoms with Crippen LogP contribution in [-0.4, -0.2) is 19.1 Å². The number of halogens is 1. The Labute approximate surface area is 149 Å². The first-order chi connectivity index (χ1) is 11.7. The van der Waals surface area contributed by atoms with Crippen molar-refractivity contribution >= 4 is 21.8 Å². The van der Waals surface area contributed by atoms with Crippen LogP contribution in [0.2, 0.25) is 0 Å². The van der Waals surface area contributed by atoms with Gasteiger partial charge in [-0.3, -0.25) is 4.79 Å². The molecule has 1 saturated carbocycles. The van der Waals surface area contributed by atoms with Gasteiger partial charge in [0.05, 0.1) is 18.8 Å². The molecule has 1 N–H and O–H groups in total. The van der Waals surface area contributed by atoms with Crippen molar-refractivity contribution in [3.63, 3.8) is 0 Å². The summed E-state index contributed by atoms with van der Waals surface area (Å²) in [4.78, 5) is 12.7. The van der Waals surface area contributed by atoms with Crippen molar-refractivity contribution in [1.82, 2.24) is 5.32 Å². The fourth-order valence-electron chi connectivity index (χ4n) is 2.97. The minimum Gasteiger partial charge on any atom is -0.490 e. The van der Waals surface area contributed by atoms with E-state index in [4.69, 9.17) is 9.47 Å². The lowest BCUT2D eigenvalue weighted by Gasteiger charge is -2.18. The molecule has 24 heavy (non-hydrogen) atoms. The lowest BCUT2D eigenvalue weighted by Crippen LogP contribution is -2.34. The molecule has 0 spiro atoms. The third kappa shape index (κ3) is 3.00. The van der Waals surface area contributed by atoms with Crippen LogP contribution in [0.3, 0.4) is 0 Å². The highest BCUT2D eigenvalue weighted by Gasteiger charge is 2.45. The van der Waals surface area contributed by atoms with Gasteiger partial charge >= 0.3 is 0 Å². The highest BCUT2D eigenvalue weighted by molar-refractivity contribution is 9.10. The smallest absolute Gasteiger partial charge is 0.252 e. The fraction of sp³-hybridized carbons (Fsp3) is 0.316. The molecule has 0 bridgehead atoms. The summed E-state index contributed by atoms with van der Waals surface area (Å²) in [6, 6.07) is 13.5. The average molecular weight is 388 g/mol. The summed E-state index contributed by atoms with van der Waals surface area (Å²) in [6.07, 6.45) is 2.78. The molecule has 0 radical (unpaired) electrons. The number of rotatable bonds is 3. The number of carbonyl (C=O) groups excluding carboxylic acids is 1. The van der Waals surface area contributed by atoms with Crippen molar-refractivity contribution in [2.45, 2.75) is 24.8 Å². The van der Waals surface area contributed by atoms with Crippen molar-refractivity contribution in [3.8, 4) is 11.5 Å². The van der Waals surface area contributed by atoms with Crippen LogP contribution in [0, 0.1) is 0 Å². The molecule has 4 nitrogen and oxygen atoms in total. The molecule has 5 heteroatoms. The van der Waals surface area contributed by atoms with E-state index in [1.165, 1.54) is 0 Å². The number of benzene rings is 2. The molecule has 124 valence electrons. The summed E-state index contributed by atoms with van der Waals surface area (Å²) in [6.45, 7) is 1.26. The monoisotopic (exact) mass is 387 g/mol. The van der Waals surface area contributed by atoms with Crippen LogP contribution in [0.25, 0.3) is 0 Å². The normalized spacial score (nSPS) is 17.7. The fourth-order valence-corrected chi connectivity index (χ4v) is 3.24. The zero-order valence-electron chi connectivity index (χ0n) is 13.2. The molecule has 2 aliphatic rings. The first kappa shape index (κ1) is 15.5. The van der Waals surface area contributed by atoms with Gasteiger partial charge in [-0.2, -0.15) is 0 Å². The zero-order chi connectivity index (χ0) is 16.6. The lowest BCUT2D eigenvalue weighted by atomic mass is 10.0. The molecule has 1 heterocycles. The lowest BCUT2D eigenvalue weighted by molar-refractivity contribution is 0.0930. The van der Waals surface area contributed by atoms with E-state index in [1.807, 2.05) is 18.2 Å². The molecule has 2 aromatic carbocycles. The van der Waals surface area contributed by atoms with Crippen molar-refractivity contribution < 1.29 is 14.3 Å². The van der Waals surface area contributed by atoms with E-state index >= 15 is 0 Å². The molecule has 0 atom stereocenters. The summed E-state index contributed by atoms with van der Waals surface area (Å²) < 4.78 is 12.3. The van der Waals surface area contributed by atoms with Gasteiger partial charge in [0.25, 0.3) is 5.91 Å². The van der Waals surface area contributed by atoms with Crippen LogP contribution in [0.5, 0.6) is 11.5 Å². The van der Waals surface area contributed by atoms with Crippen LogP contribution >= 0.6 is 15.9 Å². The number of carbonyl (C=O) groups is 1. The Bertz CT molecular complexity index is 769. The first-order valence-corrected chi connectivity index (χ1v) is 8.94. The Kier molecular flexibility index (Phi) is 3.96. The Hall–Kier alpha value is -2.01. The third-order valence-electron chi connectivity index (χ3n) is 4.51. The van der Waals surface area contributed by atoms with Crippen molar-refractivity contribution in [1.29, 1.82) is 0 Å². The summed E-state index contributed by atoms with van der Waals surface area (Å²) in [5, 5.41) is 3.19. The molecule has 1 aliphatic carbocycles. The van der Waals surface area contributed by atoms with Crippen molar-refractivity contribution in [2.75, 3.05) is 13.2 Å². The molecule has 4 rings (SSSR count). The molecule has 1 aliphatic heterocycles. The second kappa shape index (κ2) is 6.13. The van der Waals surface area contributed by atoms with E-state index in [-0.39, 0.29) is 11.4 Å². The highest BCUT2D eigenvalue weighted by atomic mass is 79.9. The Balaban J connectivity index is 1.54. The van der Waals surface area contributed by atoms with E-state index in [1.54, 1.807) is 12.1 Å². The van der Waals surface area contributed by atoms with Gasteiger partial charge in [0.15, 0.2) is 11.5 Å². The maximum atomic E-state index is 12.7. The maximum absolute atomic E-state index is 12.7. The van der Waals surface area contributed by atoms with E-state index < -0.39 is 0 Å². The molecule has 0 aromatic heterocycles. The summed E-state index contributed by atoms with van der Waals surface area (Å²) in [5.41, 5.74) is 1.51. The third-order valence-corrected chi connectivity index (χ3v) is 5.04. The molecule has 2 aromatic rings. The minimum atomic E-state index is -0.234. The molecule has 1 amide bonds. The van der Waals surface area contributed by atoms with Gasteiger partial charge in [0, 0.05) is 16.5 Å². The quantitative estimate of drug-likeness (QED) is 0.864. The van der Waals surface area contributed by atoms with Gasteiger partial charge in [-0.1, -0.05) is 28.1 Å². The molecular weight excluding hydrogens is 370 g/mol. The van der Waals surface area contributed by atoms with Crippen LogP contribution in [0.15, 0.2) is 46.9 Å². The summed E-state index contributed by atoms with van der Waals surface area (Å²) >= 11 is 3.45. The first-order valence-electron chi connectivity index (χ1n) is 8.15. The number of nitrogens with one attached hydrogen (secondary N) is 1. The predicted molar refractivity (Wildman–Crippen MR) is 94.6 cm³/mol. The van der Waals surface area contributed by atoms with E-state index in [0.29, 0.717) is 30.3 Å². The average Bonchev–Trinajstić information content (AvgIpc) is 3.39. The standard InChI is InChI=1S/C19H18BrNO3/c20-15-5-3-14(4-6-15)19(8-9-19)21-18(22)13-2-7-16-17(12-13)24-11-1-10-23-16/h2-7,12H,1,8-11H2,(H,21,22). The van der Waals surface area contributed by atoms with E-state index in [2.05, 4.69) is 33.4 Å². The number of fused-ring (bicyclic) bond motifs is 1. The predicted octanol–water partition coefficient (Wildman–Crippen LogP) is 4.03. The van der Waals surface area contributed by atoms with Gasteiger partial charge in [0.2, 0.25) is 0 Å². The number of hydrogen-bond donors (Lipinski definition) is 1. The second-order valence-electron chi connectivity index (χ2n) is 6.26. The van der Waals surface area contributed by atoms with Crippen LogP contribution in [0.4, 0.5) is 0 Å². The van der Waals surface area contributed by atoms with Crippen LogP contribution < -0.4 is 14.8 Å². The highest BCUT2D eigenvalue weighted by Crippen LogP contribution is 2.46. The van der Waals surface area contributed by atoms with E-state index in [9.17, 15) is 4.79 Å². The molecular formula is C19H18BrNO3. The minimum absolute atomic E-state index is 0.0777. The number of ether oxygens (including phenoxy) is 2. The summed E-state index contributed by atoms with van der Waals surface area (Å²) in [5.74, 6) is 1.28. The molecule has 0 saturated heterocycles. The van der Waals surface area contributed by atoms with Gasteiger partial charge in [-0.25, -0.2) is 0 Å². The van der Waals surface area contributed by atoms with Crippen LogP contribution in [-0.2, 0) is 5.54 Å². The Morgan fingerprint density at radius 3 is 2.42 bits per heavy atom. The summed E-state index contributed by atoms with van der Waals surface area (Å²) in [7, 11) is 0. The van der Waals surface area contributed by atoms with Gasteiger partial charge in [-0.05, 0) is 48.7 Å². The van der Waals surface area contributed by atoms with Gasteiger partial charge in [-0.15, -0.1) is 0 Å². The SMILES string of the molecule is O=C(NC1(c2ccc(Br)cc2)CC1)c1ccc2c(c1)OCCCO2. The Morgan fingerprint density at radius 1 is 1.00 bits per heavy atom. The molecule has 1 fully saturated rings. The van der Waals surface area contributed by atoms with Crippen LogP contribution in [0.1, 0.15) is 35.2 Å². The maximum Gasteiger partial charge on any atom is 0.252 e. The topological polar surface area (TPSA) is 47.6 Å². The Morgan fingerprint density at radius 2 is 1.71 bits per heavy atom. The second-order valence-corrected chi connectivity index (χ2v) is 7.17. The largest absolute Gasteiger partial charge is 0.490 e. The van der Waals surface area contributed by atoms with E-state index in [0.717, 1.165) is 29.3 Å².